The second-order valence-corrected chi connectivity index (χ2v) is 8.51. The van der Waals surface area contributed by atoms with Crippen LogP contribution in [0.3, 0.4) is 0 Å². The summed E-state index contributed by atoms with van der Waals surface area (Å²) < 4.78 is 36.0. The van der Waals surface area contributed by atoms with E-state index < -0.39 is 15.9 Å². The Morgan fingerprint density at radius 3 is 2.38 bits per heavy atom. The van der Waals surface area contributed by atoms with Crippen LogP contribution in [-0.2, 0) is 16.6 Å². The number of sulfonamides is 1. The van der Waals surface area contributed by atoms with Gasteiger partial charge in [-0.25, -0.2) is 8.42 Å². The number of aryl methyl sites for hydroxylation is 1. The van der Waals surface area contributed by atoms with E-state index in [4.69, 9.17) is 15.2 Å². The molecule has 0 unspecified atom stereocenters. The van der Waals surface area contributed by atoms with Crippen LogP contribution in [0.15, 0.2) is 59.6 Å². The number of hydrogen-bond acceptors (Lipinski definition) is 7. The molecule has 4 N–H and O–H groups in total. The molecule has 0 spiro atoms. The average Bonchev–Trinajstić information content (AvgIpc) is 2.81. The van der Waals surface area contributed by atoms with E-state index in [1.807, 2.05) is 25.1 Å². The number of pyridine rings is 1. The van der Waals surface area contributed by atoms with Crippen molar-refractivity contribution >= 4 is 15.9 Å². The Morgan fingerprint density at radius 1 is 1.06 bits per heavy atom. The lowest BCUT2D eigenvalue weighted by atomic mass is 10.0. The number of carbonyl (C=O) groups is 1. The Balaban J connectivity index is 1.86. The summed E-state index contributed by atoms with van der Waals surface area (Å²) in [4.78, 5) is 19.0. The Bertz CT molecular complexity index is 1220. The lowest BCUT2D eigenvalue weighted by Crippen LogP contribution is -2.41. The van der Waals surface area contributed by atoms with E-state index in [2.05, 4.69) is 15.2 Å². The molecule has 1 heterocycles. The van der Waals surface area contributed by atoms with E-state index >= 15 is 0 Å². The number of aromatic nitrogens is 1. The van der Waals surface area contributed by atoms with Gasteiger partial charge in [-0.15, -0.1) is 4.83 Å². The summed E-state index contributed by atoms with van der Waals surface area (Å²) in [7, 11) is -1.51. The molecule has 9 nitrogen and oxygen atoms in total. The van der Waals surface area contributed by atoms with E-state index in [1.165, 1.54) is 26.4 Å². The van der Waals surface area contributed by atoms with Gasteiger partial charge in [-0.2, -0.15) is 0 Å². The number of amides is 1. The highest BCUT2D eigenvalue weighted by atomic mass is 32.2. The van der Waals surface area contributed by atoms with Gasteiger partial charge < -0.3 is 15.2 Å². The zero-order valence-electron chi connectivity index (χ0n) is 17.9. The maximum atomic E-state index is 12.8. The minimum Gasteiger partial charge on any atom is -0.495 e. The monoisotopic (exact) mass is 456 g/mol. The molecule has 3 rings (SSSR count). The number of carbonyl (C=O) groups excluding carboxylic acids is 1. The molecule has 2 aromatic carbocycles. The molecular weight excluding hydrogens is 432 g/mol. The van der Waals surface area contributed by atoms with Gasteiger partial charge in [0.25, 0.3) is 15.9 Å². The second kappa shape index (κ2) is 9.77. The van der Waals surface area contributed by atoms with Crippen LogP contribution in [0.25, 0.3) is 11.3 Å². The van der Waals surface area contributed by atoms with Gasteiger partial charge in [0, 0.05) is 23.9 Å². The number of nitrogens with one attached hydrogen (secondary N) is 2. The van der Waals surface area contributed by atoms with E-state index in [0.29, 0.717) is 17.8 Å². The number of rotatable bonds is 8. The third kappa shape index (κ3) is 5.05. The minimum atomic E-state index is -4.19. The van der Waals surface area contributed by atoms with Crippen LogP contribution in [0.4, 0.5) is 0 Å². The molecule has 0 bridgehead atoms. The molecule has 0 aliphatic rings. The highest BCUT2D eigenvalue weighted by Gasteiger charge is 2.25. The fraction of sp³-hybridized carbons (Fsp3) is 0.182. The molecule has 0 radical (unpaired) electrons. The Kier molecular flexibility index (Phi) is 7.08. The summed E-state index contributed by atoms with van der Waals surface area (Å²) in [5, 5.41) is 0. The number of hydrogen-bond donors (Lipinski definition) is 3. The van der Waals surface area contributed by atoms with Crippen LogP contribution in [0.5, 0.6) is 11.5 Å². The van der Waals surface area contributed by atoms with Crippen LogP contribution >= 0.6 is 0 Å². The Morgan fingerprint density at radius 2 is 1.75 bits per heavy atom. The van der Waals surface area contributed by atoms with Crippen LogP contribution < -0.4 is 25.5 Å². The third-order valence-electron chi connectivity index (χ3n) is 4.65. The van der Waals surface area contributed by atoms with Crippen molar-refractivity contribution in [2.24, 2.45) is 5.73 Å². The van der Waals surface area contributed by atoms with Gasteiger partial charge in [-0.3, -0.25) is 15.2 Å². The summed E-state index contributed by atoms with van der Waals surface area (Å²) in [5.41, 5.74) is 11.3. The van der Waals surface area contributed by atoms with Gasteiger partial charge in [0.2, 0.25) is 0 Å². The Hall–Kier alpha value is -3.47. The molecule has 0 aliphatic carbocycles. The first kappa shape index (κ1) is 23.2. The van der Waals surface area contributed by atoms with E-state index in [9.17, 15) is 13.2 Å². The van der Waals surface area contributed by atoms with Crippen molar-refractivity contribution in [3.8, 4) is 22.8 Å². The zero-order chi connectivity index (χ0) is 23.3. The molecule has 0 saturated carbocycles. The first-order valence-corrected chi connectivity index (χ1v) is 11.1. The van der Waals surface area contributed by atoms with Crippen molar-refractivity contribution in [1.82, 2.24) is 15.2 Å². The summed E-state index contributed by atoms with van der Waals surface area (Å²) >= 11 is 0. The van der Waals surface area contributed by atoms with Crippen molar-refractivity contribution in [3.63, 3.8) is 0 Å². The Labute approximate surface area is 186 Å². The van der Waals surface area contributed by atoms with Crippen LogP contribution in [0, 0.1) is 6.92 Å². The second-order valence-electron chi connectivity index (χ2n) is 6.89. The topological polar surface area (TPSA) is 133 Å². The fourth-order valence-corrected chi connectivity index (χ4v) is 4.30. The lowest BCUT2D eigenvalue weighted by molar-refractivity contribution is 0.0945. The number of nitrogens with zero attached hydrogens (tertiary/aromatic N) is 1. The van der Waals surface area contributed by atoms with Gasteiger partial charge in [-0.05, 0) is 60.5 Å². The van der Waals surface area contributed by atoms with Gasteiger partial charge in [0.05, 0.1) is 19.9 Å². The molecule has 1 amide bonds. The van der Waals surface area contributed by atoms with Gasteiger partial charge in [0.1, 0.15) is 11.5 Å². The maximum Gasteiger partial charge on any atom is 0.266 e. The van der Waals surface area contributed by atoms with Gasteiger partial charge in [-0.1, -0.05) is 6.07 Å². The van der Waals surface area contributed by atoms with Crippen LogP contribution in [0.1, 0.15) is 21.5 Å². The number of hydrazine groups is 1. The predicted octanol–water partition coefficient (Wildman–Crippen LogP) is 2.16. The molecule has 0 aliphatic heterocycles. The summed E-state index contributed by atoms with van der Waals surface area (Å²) in [5.74, 6) is -0.480. The highest BCUT2D eigenvalue weighted by Crippen LogP contribution is 2.32. The maximum absolute atomic E-state index is 12.8. The van der Waals surface area contributed by atoms with Crippen molar-refractivity contribution in [2.45, 2.75) is 18.4 Å². The van der Waals surface area contributed by atoms with Gasteiger partial charge >= 0.3 is 0 Å². The number of benzene rings is 2. The number of ether oxygens (including phenoxy) is 2. The van der Waals surface area contributed by atoms with Crippen LogP contribution in [-0.4, -0.2) is 33.5 Å². The van der Waals surface area contributed by atoms with Crippen molar-refractivity contribution in [1.29, 1.82) is 0 Å². The number of methoxy groups -OCH3 is 2. The molecular formula is C22H24N4O5S. The first-order valence-electron chi connectivity index (χ1n) is 9.59. The molecule has 0 saturated heterocycles. The molecule has 0 atom stereocenters. The van der Waals surface area contributed by atoms with E-state index in [0.717, 1.165) is 11.1 Å². The van der Waals surface area contributed by atoms with E-state index in [-0.39, 0.29) is 22.0 Å². The third-order valence-corrected chi connectivity index (χ3v) is 5.96. The van der Waals surface area contributed by atoms with Crippen LogP contribution in [0.2, 0.25) is 0 Å². The van der Waals surface area contributed by atoms with E-state index in [1.54, 1.807) is 24.4 Å². The quantitative estimate of drug-likeness (QED) is 0.442. The average molecular weight is 457 g/mol. The molecule has 1 aromatic heterocycles. The molecule has 0 fully saturated rings. The van der Waals surface area contributed by atoms with Crippen molar-refractivity contribution < 1.29 is 22.7 Å². The lowest BCUT2D eigenvalue weighted by Gasteiger charge is -2.15. The largest absolute Gasteiger partial charge is 0.495 e. The van der Waals surface area contributed by atoms with Crippen molar-refractivity contribution in [2.75, 3.05) is 14.2 Å². The summed E-state index contributed by atoms with van der Waals surface area (Å²) in [6.45, 7) is 2.19. The fourth-order valence-electron chi connectivity index (χ4n) is 3.14. The van der Waals surface area contributed by atoms with Crippen molar-refractivity contribution in [3.05, 3.63) is 71.4 Å². The summed E-state index contributed by atoms with van der Waals surface area (Å²) in [6, 6.07) is 13.4. The van der Waals surface area contributed by atoms with Gasteiger partial charge in [0.15, 0.2) is 4.90 Å². The first-order chi connectivity index (χ1) is 15.3. The highest BCUT2D eigenvalue weighted by molar-refractivity contribution is 7.89. The SMILES string of the molecule is COc1cccc(OC)c1S(=O)(=O)NNC(=O)c1cc(C)cc(-c2cc(CN)ccn2)c1. The predicted molar refractivity (Wildman–Crippen MR) is 120 cm³/mol. The number of nitrogens with two attached hydrogens (primary N) is 1. The zero-order valence-corrected chi connectivity index (χ0v) is 18.7. The molecule has 3 aromatic rings. The molecule has 10 heteroatoms. The molecule has 168 valence electrons. The smallest absolute Gasteiger partial charge is 0.266 e. The summed E-state index contributed by atoms with van der Waals surface area (Å²) in [6.07, 6.45) is 1.65. The normalized spacial score (nSPS) is 11.1. The standard InChI is InChI=1S/C22H24N4O5S/c1-14-9-16(18-11-15(13-23)7-8-24-18)12-17(10-14)22(27)25-26-32(28,29)21-19(30-2)5-4-6-20(21)31-3/h4-12,26H,13,23H2,1-3H3,(H,25,27). The minimum absolute atomic E-state index is 0.0785. The molecule has 32 heavy (non-hydrogen) atoms.